The van der Waals surface area contributed by atoms with Gasteiger partial charge in [0.1, 0.15) is 0 Å². The Morgan fingerprint density at radius 1 is 1.64 bits per heavy atom. The number of carbonyl (C=O) groups excluding carboxylic acids is 1. The Morgan fingerprint density at radius 3 is 2.93 bits per heavy atom. The number of aliphatic hydroxyl groups is 1. The lowest BCUT2D eigenvalue weighted by molar-refractivity contribution is -0.127. The molecule has 74 valence electrons. The van der Waals surface area contributed by atoms with Gasteiger partial charge in [0.15, 0.2) is 0 Å². The first-order chi connectivity index (χ1) is 6.70. The summed E-state index contributed by atoms with van der Waals surface area (Å²) >= 11 is 0. The van der Waals surface area contributed by atoms with Gasteiger partial charge in [-0.1, -0.05) is 6.07 Å². The number of pyridine rings is 1. The second-order valence-corrected chi connectivity index (χ2v) is 3.51. The lowest BCUT2D eigenvalue weighted by Gasteiger charge is -2.21. The minimum Gasteiger partial charge on any atom is -0.390 e. The molecule has 14 heavy (non-hydrogen) atoms. The number of aliphatic hydroxyl groups excluding tert-OH is 1. The Hall–Kier alpha value is -1.42. The van der Waals surface area contributed by atoms with Crippen LogP contribution in [0, 0.1) is 0 Å². The highest BCUT2D eigenvalue weighted by atomic mass is 16.3. The molecule has 0 bridgehead atoms. The number of nitrogens with zero attached hydrogens (tertiary/aromatic N) is 2. The third-order valence-corrected chi connectivity index (χ3v) is 2.58. The molecule has 1 fully saturated rings. The Morgan fingerprint density at radius 2 is 2.43 bits per heavy atom. The molecular formula is C10H12N2O2. The predicted molar refractivity (Wildman–Crippen MR) is 50.4 cm³/mol. The third kappa shape index (κ3) is 1.37. The van der Waals surface area contributed by atoms with Gasteiger partial charge < -0.3 is 10.0 Å². The number of amides is 1. The van der Waals surface area contributed by atoms with Crippen LogP contribution in [0.25, 0.3) is 0 Å². The van der Waals surface area contributed by atoms with Crippen LogP contribution in [0.15, 0.2) is 24.5 Å². The van der Waals surface area contributed by atoms with Crippen molar-refractivity contribution < 1.29 is 9.90 Å². The van der Waals surface area contributed by atoms with E-state index in [1.807, 2.05) is 6.07 Å². The zero-order valence-electron chi connectivity index (χ0n) is 7.92. The fourth-order valence-corrected chi connectivity index (χ4v) is 1.84. The van der Waals surface area contributed by atoms with Crippen LogP contribution in [-0.2, 0) is 4.79 Å². The lowest BCUT2D eigenvalue weighted by Crippen LogP contribution is -2.25. The molecule has 0 saturated carbocycles. The van der Waals surface area contributed by atoms with Gasteiger partial charge in [0.25, 0.3) is 0 Å². The topological polar surface area (TPSA) is 53.4 Å². The summed E-state index contributed by atoms with van der Waals surface area (Å²) in [6.07, 6.45) is 2.95. The number of aromatic nitrogens is 1. The summed E-state index contributed by atoms with van der Waals surface area (Å²) in [5.41, 5.74) is 0.883. The largest absolute Gasteiger partial charge is 0.390 e. The number of rotatable bonds is 1. The van der Waals surface area contributed by atoms with Crippen LogP contribution in [-0.4, -0.2) is 34.0 Å². The molecule has 1 amide bonds. The van der Waals surface area contributed by atoms with E-state index in [1.54, 1.807) is 30.4 Å². The van der Waals surface area contributed by atoms with Crippen molar-refractivity contribution in [3.8, 4) is 0 Å². The van der Waals surface area contributed by atoms with E-state index in [9.17, 15) is 9.90 Å². The molecular weight excluding hydrogens is 180 g/mol. The Bertz CT molecular complexity index is 339. The molecule has 1 aromatic heterocycles. The van der Waals surface area contributed by atoms with E-state index < -0.39 is 6.10 Å². The van der Waals surface area contributed by atoms with Gasteiger partial charge in [0.05, 0.1) is 18.6 Å². The molecule has 0 aromatic carbocycles. The lowest BCUT2D eigenvalue weighted by atomic mass is 10.0. The number of likely N-dealkylation sites (tertiary alicyclic amines) is 1. The van der Waals surface area contributed by atoms with Crippen LogP contribution in [0.5, 0.6) is 0 Å². The summed E-state index contributed by atoms with van der Waals surface area (Å²) in [6, 6.07) is 3.44. The first-order valence-corrected chi connectivity index (χ1v) is 4.54. The van der Waals surface area contributed by atoms with E-state index in [0.717, 1.165) is 5.56 Å². The smallest absolute Gasteiger partial charge is 0.225 e. The first-order valence-electron chi connectivity index (χ1n) is 4.54. The van der Waals surface area contributed by atoms with Crippen molar-refractivity contribution in [1.82, 2.24) is 9.88 Å². The van der Waals surface area contributed by atoms with Crippen LogP contribution in [0.4, 0.5) is 0 Å². The average molecular weight is 192 g/mol. The molecule has 1 aliphatic rings. The highest BCUT2D eigenvalue weighted by Gasteiger charge is 2.37. The number of carbonyl (C=O) groups is 1. The van der Waals surface area contributed by atoms with Gasteiger partial charge in [0, 0.05) is 19.4 Å². The van der Waals surface area contributed by atoms with E-state index in [1.165, 1.54) is 0 Å². The van der Waals surface area contributed by atoms with Crippen LogP contribution in [0.2, 0.25) is 0 Å². The van der Waals surface area contributed by atoms with Gasteiger partial charge in [0.2, 0.25) is 5.91 Å². The maximum absolute atomic E-state index is 11.3. The second-order valence-electron chi connectivity index (χ2n) is 3.51. The molecule has 0 radical (unpaired) electrons. The van der Waals surface area contributed by atoms with Crippen molar-refractivity contribution in [3.63, 3.8) is 0 Å². The molecule has 1 N–H and O–H groups in total. The molecule has 0 spiro atoms. The minimum absolute atomic E-state index is 0.0219. The summed E-state index contributed by atoms with van der Waals surface area (Å²) in [5.74, 6) is -0.0219. The van der Waals surface area contributed by atoms with Gasteiger partial charge >= 0.3 is 0 Å². The Labute approximate surface area is 82.2 Å². The predicted octanol–water partition coefficient (Wildman–Crippen LogP) is 0.346. The third-order valence-electron chi connectivity index (χ3n) is 2.58. The van der Waals surface area contributed by atoms with Crippen molar-refractivity contribution in [1.29, 1.82) is 0 Å². The van der Waals surface area contributed by atoms with E-state index in [0.29, 0.717) is 0 Å². The summed E-state index contributed by atoms with van der Waals surface area (Å²) in [6.45, 7) is 0. The quantitative estimate of drug-likeness (QED) is 0.698. The van der Waals surface area contributed by atoms with Gasteiger partial charge in [-0.05, 0) is 11.6 Å². The SMILES string of the molecule is CN1C(=O)C[C@H](O)[C@H]1c1cccnc1. The first kappa shape index (κ1) is 9.15. The number of likely N-dealkylation sites (N-methyl/N-ethyl adjacent to an activating group) is 1. The molecule has 1 saturated heterocycles. The second kappa shape index (κ2) is 3.38. The highest BCUT2D eigenvalue weighted by Crippen LogP contribution is 2.30. The molecule has 0 aliphatic carbocycles. The van der Waals surface area contributed by atoms with Gasteiger partial charge in [-0.15, -0.1) is 0 Å². The molecule has 0 unspecified atom stereocenters. The number of hydrogen-bond acceptors (Lipinski definition) is 3. The van der Waals surface area contributed by atoms with Crippen LogP contribution in [0.1, 0.15) is 18.0 Å². The van der Waals surface area contributed by atoms with E-state index >= 15 is 0 Å². The average Bonchev–Trinajstić information content (AvgIpc) is 2.43. The molecule has 2 rings (SSSR count). The molecule has 1 aliphatic heterocycles. The Balaban J connectivity index is 2.31. The normalized spacial score (nSPS) is 27.0. The monoisotopic (exact) mass is 192 g/mol. The van der Waals surface area contributed by atoms with Crippen molar-refractivity contribution in [2.75, 3.05) is 7.05 Å². The summed E-state index contributed by atoms with van der Waals surface area (Å²) in [5, 5.41) is 9.69. The van der Waals surface area contributed by atoms with Gasteiger partial charge in [-0.3, -0.25) is 9.78 Å². The molecule has 4 nitrogen and oxygen atoms in total. The standard InChI is InChI=1S/C10H12N2O2/c1-12-9(14)5-8(13)10(12)7-3-2-4-11-6-7/h2-4,6,8,10,13H,5H2,1H3/t8-,10+/m0/s1. The van der Waals surface area contributed by atoms with Crippen molar-refractivity contribution in [3.05, 3.63) is 30.1 Å². The highest BCUT2D eigenvalue weighted by molar-refractivity contribution is 5.79. The maximum Gasteiger partial charge on any atom is 0.225 e. The molecule has 2 heterocycles. The molecule has 4 heteroatoms. The van der Waals surface area contributed by atoms with Crippen LogP contribution < -0.4 is 0 Å². The summed E-state index contributed by atoms with van der Waals surface area (Å²) in [7, 11) is 1.70. The van der Waals surface area contributed by atoms with Crippen molar-refractivity contribution in [2.45, 2.75) is 18.6 Å². The van der Waals surface area contributed by atoms with Crippen LogP contribution >= 0.6 is 0 Å². The zero-order chi connectivity index (χ0) is 10.1. The van der Waals surface area contributed by atoms with Crippen molar-refractivity contribution in [2.24, 2.45) is 0 Å². The Kier molecular flexibility index (Phi) is 2.21. The summed E-state index contributed by atoms with van der Waals surface area (Å²) in [4.78, 5) is 16.9. The van der Waals surface area contributed by atoms with E-state index in [-0.39, 0.29) is 18.4 Å². The zero-order valence-corrected chi connectivity index (χ0v) is 7.92. The van der Waals surface area contributed by atoms with Crippen LogP contribution in [0.3, 0.4) is 0 Å². The summed E-state index contributed by atoms with van der Waals surface area (Å²) < 4.78 is 0. The fourth-order valence-electron chi connectivity index (χ4n) is 1.84. The minimum atomic E-state index is -0.614. The van der Waals surface area contributed by atoms with Gasteiger partial charge in [-0.2, -0.15) is 0 Å². The van der Waals surface area contributed by atoms with E-state index in [2.05, 4.69) is 4.98 Å². The van der Waals surface area contributed by atoms with E-state index in [4.69, 9.17) is 0 Å². The molecule has 2 atom stereocenters. The van der Waals surface area contributed by atoms with Crippen molar-refractivity contribution >= 4 is 5.91 Å². The number of hydrogen-bond donors (Lipinski definition) is 1. The van der Waals surface area contributed by atoms with Gasteiger partial charge in [-0.25, -0.2) is 0 Å². The fraction of sp³-hybridized carbons (Fsp3) is 0.400. The maximum atomic E-state index is 11.3. The molecule has 1 aromatic rings.